The van der Waals surface area contributed by atoms with Gasteiger partial charge in [0.25, 0.3) is 0 Å². The lowest BCUT2D eigenvalue weighted by Crippen LogP contribution is -1.85. The van der Waals surface area contributed by atoms with Crippen molar-refractivity contribution in [2.24, 2.45) is 0 Å². The molecule has 6 heteroatoms. The third kappa shape index (κ3) is 2.34. The average molecular weight is 271 g/mol. The molecule has 0 fully saturated rings. The van der Waals surface area contributed by atoms with Crippen molar-refractivity contribution < 1.29 is 0 Å². The highest BCUT2D eigenvalue weighted by atomic mass is 32.1. The minimum atomic E-state index is 0.839. The molecule has 5 nitrogen and oxygen atoms in total. The van der Waals surface area contributed by atoms with Crippen LogP contribution in [0.5, 0.6) is 0 Å². The highest BCUT2D eigenvalue weighted by molar-refractivity contribution is 7.14. The summed E-state index contributed by atoms with van der Waals surface area (Å²) in [6.45, 7) is 3.94. The van der Waals surface area contributed by atoms with E-state index in [0.29, 0.717) is 0 Å². The maximum absolute atomic E-state index is 3.99. The Morgan fingerprint density at radius 3 is 2.79 bits per heavy atom. The van der Waals surface area contributed by atoms with Gasteiger partial charge >= 0.3 is 0 Å². The van der Waals surface area contributed by atoms with Crippen molar-refractivity contribution in [3.63, 3.8) is 0 Å². The molecule has 0 saturated heterocycles. The van der Waals surface area contributed by atoms with Crippen molar-refractivity contribution >= 4 is 27.2 Å². The van der Waals surface area contributed by atoms with Gasteiger partial charge in [-0.25, -0.2) is 0 Å². The van der Waals surface area contributed by atoms with Crippen molar-refractivity contribution in [1.82, 2.24) is 24.8 Å². The van der Waals surface area contributed by atoms with Crippen LogP contribution in [-0.2, 0) is 0 Å². The minimum absolute atomic E-state index is 0.839. The van der Waals surface area contributed by atoms with Gasteiger partial charge in [-0.3, -0.25) is 0 Å². The summed E-state index contributed by atoms with van der Waals surface area (Å²) in [4.78, 5) is 4.11. The molecule has 19 heavy (non-hydrogen) atoms. The Morgan fingerprint density at radius 2 is 2.00 bits per heavy atom. The summed E-state index contributed by atoms with van der Waals surface area (Å²) in [5, 5.41) is 12.9. The fourth-order valence-electron chi connectivity index (χ4n) is 1.88. The van der Waals surface area contributed by atoms with Gasteiger partial charge in [0.05, 0.1) is 0 Å². The van der Waals surface area contributed by atoms with E-state index < -0.39 is 0 Å². The Kier molecular flexibility index (Phi) is 3.00. The second-order valence-electron chi connectivity index (χ2n) is 4.22. The number of aryl methyl sites for hydroxylation is 2. The Hall–Kier alpha value is -2.21. The van der Waals surface area contributed by atoms with Crippen LogP contribution in [0.2, 0.25) is 0 Å². The van der Waals surface area contributed by atoms with Crippen LogP contribution < -0.4 is 0 Å². The standard InChI is InChI=1S/C9H9N.C4H4N4S/c1-7-6-8-4-2-3-5-9(8)10-7;1-3-6-7-4-8(3)5-2-9-4/h2-6,10H,1H3;2H,1H3. The first-order chi connectivity index (χ1) is 9.24. The molecule has 0 amide bonds. The fourth-order valence-corrected chi connectivity index (χ4v) is 2.48. The van der Waals surface area contributed by atoms with E-state index in [-0.39, 0.29) is 0 Å². The summed E-state index contributed by atoms with van der Waals surface area (Å²) >= 11 is 1.49. The first kappa shape index (κ1) is 11.9. The molecule has 3 heterocycles. The van der Waals surface area contributed by atoms with E-state index in [1.807, 2.05) is 13.0 Å². The number of fused-ring (bicyclic) bond motifs is 2. The van der Waals surface area contributed by atoms with Crippen LogP contribution in [0.1, 0.15) is 11.5 Å². The highest BCUT2D eigenvalue weighted by Gasteiger charge is 1.99. The van der Waals surface area contributed by atoms with Crippen molar-refractivity contribution in [1.29, 1.82) is 0 Å². The maximum atomic E-state index is 3.99. The molecule has 0 spiro atoms. The van der Waals surface area contributed by atoms with Crippen LogP contribution in [0, 0.1) is 13.8 Å². The lowest BCUT2D eigenvalue weighted by Gasteiger charge is -1.83. The molecule has 3 aromatic heterocycles. The normalized spacial score (nSPS) is 10.6. The van der Waals surface area contributed by atoms with Crippen LogP contribution in [0.25, 0.3) is 15.9 Å². The number of aromatic nitrogens is 5. The lowest BCUT2D eigenvalue weighted by atomic mass is 10.2. The zero-order valence-electron chi connectivity index (χ0n) is 10.7. The van der Waals surface area contributed by atoms with E-state index in [2.05, 4.69) is 51.5 Å². The predicted molar refractivity (Wildman–Crippen MR) is 76.4 cm³/mol. The molecule has 1 aromatic carbocycles. The lowest BCUT2D eigenvalue weighted by molar-refractivity contribution is 0.894. The Balaban J connectivity index is 0.000000117. The minimum Gasteiger partial charge on any atom is -0.359 e. The topological polar surface area (TPSA) is 58.9 Å². The summed E-state index contributed by atoms with van der Waals surface area (Å²) < 4.78 is 1.71. The molecule has 0 saturated carbocycles. The summed E-state index contributed by atoms with van der Waals surface area (Å²) in [7, 11) is 0. The molecular formula is C13H13N5S. The summed E-state index contributed by atoms with van der Waals surface area (Å²) in [6, 6.07) is 10.4. The quantitative estimate of drug-likeness (QED) is 0.535. The molecule has 4 aromatic rings. The van der Waals surface area contributed by atoms with Crippen molar-refractivity contribution in [2.75, 3.05) is 0 Å². The fraction of sp³-hybridized carbons (Fsp3) is 0.154. The third-order valence-corrected chi connectivity index (χ3v) is 3.42. The zero-order valence-corrected chi connectivity index (χ0v) is 11.5. The van der Waals surface area contributed by atoms with E-state index in [1.165, 1.54) is 27.9 Å². The second kappa shape index (κ2) is 4.81. The van der Waals surface area contributed by atoms with Crippen LogP contribution in [0.15, 0.2) is 35.8 Å². The van der Waals surface area contributed by atoms with Gasteiger partial charge in [0.2, 0.25) is 4.96 Å². The molecule has 0 radical (unpaired) electrons. The number of H-pyrrole nitrogens is 1. The largest absolute Gasteiger partial charge is 0.359 e. The smallest absolute Gasteiger partial charge is 0.234 e. The SMILES string of the molecule is Cc1cc2ccccc2[nH]1.Cc1nnc2scnn12. The molecule has 1 N–H and O–H groups in total. The van der Waals surface area contributed by atoms with Crippen LogP contribution in [0.3, 0.4) is 0 Å². The summed E-state index contributed by atoms with van der Waals surface area (Å²) in [6.07, 6.45) is 0. The van der Waals surface area contributed by atoms with Gasteiger partial charge < -0.3 is 4.98 Å². The third-order valence-electron chi connectivity index (χ3n) is 2.75. The molecule has 4 rings (SSSR count). The molecule has 0 aliphatic rings. The van der Waals surface area contributed by atoms with Crippen LogP contribution in [0.4, 0.5) is 0 Å². The molecule has 0 aliphatic carbocycles. The number of para-hydroxylation sites is 1. The first-order valence-electron chi connectivity index (χ1n) is 5.90. The van der Waals surface area contributed by atoms with Gasteiger partial charge in [-0.2, -0.15) is 9.61 Å². The summed E-state index contributed by atoms with van der Waals surface area (Å²) in [5.41, 5.74) is 4.19. The van der Waals surface area contributed by atoms with E-state index in [0.717, 1.165) is 10.8 Å². The number of nitrogens with zero attached hydrogens (tertiary/aromatic N) is 4. The maximum Gasteiger partial charge on any atom is 0.234 e. The van der Waals surface area contributed by atoms with Gasteiger partial charge in [-0.05, 0) is 31.4 Å². The molecule has 0 aliphatic heterocycles. The average Bonchev–Trinajstić information content (AvgIpc) is 3.07. The number of nitrogens with one attached hydrogen (secondary N) is 1. The summed E-state index contributed by atoms with van der Waals surface area (Å²) in [5.74, 6) is 0.839. The molecule has 0 unspecified atom stereocenters. The van der Waals surface area contributed by atoms with E-state index >= 15 is 0 Å². The van der Waals surface area contributed by atoms with Gasteiger partial charge in [0.1, 0.15) is 5.51 Å². The molecular weight excluding hydrogens is 258 g/mol. The van der Waals surface area contributed by atoms with Crippen molar-refractivity contribution in [2.45, 2.75) is 13.8 Å². The Labute approximate surface area is 113 Å². The van der Waals surface area contributed by atoms with Crippen molar-refractivity contribution in [3.05, 3.63) is 47.4 Å². The van der Waals surface area contributed by atoms with Crippen LogP contribution >= 0.6 is 11.3 Å². The number of benzene rings is 1. The number of rotatable bonds is 0. The van der Waals surface area contributed by atoms with Gasteiger partial charge in [-0.1, -0.05) is 29.5 Å². The Bertz CT molecular complexity index is 777. The van der Waals surface area contributed by atoms with Gasteiger partial charge in [0, 0.05) is 11.2 Å². The zero-order chi connectivity index (χ0) is 13.2. The second-order valence-corrected chi connectivity index (χ2v) is 5.03. The van der Waals surface area contributed by atoms with E-state index in [9.17, 15) is 0 Å². The highest BCUT2D eigenvalue weighted by Crippen LogP contribution is 2.12. The van der Waals surface area contributed by atoms with Crippen molar-refractivity contribution in [3.8, 4) is 0 Å². The molecule has 96 valence electrons. The van der Waals surface area contributed by atoms with E-state index in [1.54, 1.807) is 10.0 Å². The monoisotopic (exact) mass is 271 g/mol. The first-order valence-corrected chi connectivity index (χ1v) is 6.78. The number of hydrogen-bond donors (Lipinski definition) is 1. The number of aromatic amines is 1. The predicted octanol–water partition coefficient (Wildman–Crippen LogP) is 2.97. The van der Waals surface area contributed by atoms with Gasteiger partial charge in [-0.15, -0.1) is 10.2 Å². The van der Waals surface area contributed by atoms with E-state index in [4.69, 9.17) is 0 Å². The van der Waals surface area contributed by atoms with Crippen LogP contribution in [-0.4, -0.2) is 24.8 Å². The molecule has 0 bridgehead atoms. The Morgan fingerprint density at radius 1 is 1.16 bits per heavy atom. The number of hydrogen-bond acceptors (Lipinski definition) is 4. The van der Waals surface area contributed by atoms with Gasteiger partial charge in [0.15, 0.2) is 5.82 Å². The molecule has 0 atom stereocenters.